The van der Waals surface area contributed by atoms with Crippen LogP contribution in [0.2, 0.25) is 0 Å². The van der Waals surface area contributed by atoms with Crippen LogP contribution in [0.3, 0.4) is 0 Å². The fourth-order valence-corrected chi connectivity index (χ4v) is 2.85. The van der Waals surface area contributed by atoms with E-state index in [2.05, 4.69) is 9.97 Å². The Morgan fingerprint density at radius 2 is 2.07 bits per heavy atom. The van der Waals surface area contributed by atoms with Crippen molar-refractivity contribution in [3.05, 3.63) is 47.8 Å². The molecule has 0 saturated carbocycles. The van der Waals surface area contributed by atoms with Crippen molar-refractivity contribution in [2.24, 2.45) is 0 Å². The van der Waals surface area contributed by atoms with Crippen LogP contribution in [-0.2, 0) is 17.4 Å². The third-order valence-corrected chi connectivity index (χ3v) is 4.19. The van der Waals surface area contributed by atoms with Gasteiger partial charge in [0.05, 0.1) is 38.0 Å². The molecule has 6 nitrogen and oxygen atoms in total. The average molecular weight is 381 g/mol. The average Bonchev–Trinajstić information content (AvgIpc) is 3.10. The lowest BCUT2D eigenvalue weighted by atomic mass is 10.1. The van der Waals surface area contributed by atoms with Crippen LogP contribution in [0.4, 0.5) is 13.2 Å². The maximum absolute atomic E-state index is 12.8. The molecule has 1 aliphatic rings. The maximum atomic E-state index is 12.8. The number of halogens is 3. The Labute approximate surface area is 153 Å². The molecule has 144 valence electrons. The van der Waals surface area contributed by atoms with E-state index in [0.717, 1.165) is 12.1 Å². The molecule has 1 atom stereocenters. The Bertz CT molecular complexity index is 814. The summed E-state index contributed by atoms with van der Waals surface area (Å²) in [6.07, 6.45) is -1.26. The number of benzene rings is 1. The lowest BCUT2D eigenvalue weighted by Gasteiger charge is -2.17. The van der Waals surface area contributed by atoms with Crippen molar-refractivity contribution in [1.82, 2.24) is 14.9 Å². The lowest BCUT2D eigenvalue weighted by molar-refractivity contribution is -0.138. The summed E-state index contributed by atoms with van der Waals surface area (Å²) in [4.78, 5) is 22.1. The highest BCUT2D eigenvalue weighted by molar-refractivity contribution is 5.79. The standard InChI is InChI=1S/C18H18F3N3O3/c1-26-15-9-22-10-16(23-15)27-14-5-6-24(11-14)17(25)8-12-3-2-4-13(7-12)18(19,20)21/h2-4,7,9-10,14H,5-6,8,11H2,1H3. The van der Waals surface area contributed by atoms with E-state index in [1.807, 2.05) is 0 Å². The highest BCUT2D eigenvalue weighted by atomic mass is 19.4. The molecule has 1 fully saturated rings. The summed E-state index contributed by atoms with van der Waals surface area (Å²) >= 11 is 0. The quantitative estimate of drug-likeness (QED) is 0.797. The molecular weight excluding hydrogens is 363 g/mol. The van der Waals surface area contributed by atoms with Gasteiger partial charge in [0.25, 0.3) is 0 Å². The number of amides is 1. The first-order valence-electron chi connectivity index (χ1n) is 8.32. The second-order valence-corrected chi connectivity index (χ2v) is 6.14. The number of hydrogen-bond acceptors (Lipinski definition) is 5. The Kier molecular flexibility index (Phi) is 5.48. The zero-order chi connectivity index (χ0) is 19.4. The summed E-state index contributed by atoms with van der Waals surface area (Å²) in [6.45, 7) is 0.816. The number of carbonyl (C=O) groups is 1. The molecule has 27 heavy (non-hydrogen) atoms. The third kappa shape index (κ3) is 4.87. The number of rotatable bonds is 5. The van der Waals surface area contributed by atoms with E-state index in [9.17, 15) is 18.0 Å². The van der Waals surface area contributed by atoms with E-state index in [1.165, 1.54) is 31.6 Å². The largest absolute Gasteiger partial charge is 0.480 e. The van der Waals surface area contributed by atoms with Gasteiger partial charge in [-0.2, -0.15) is 18.2 Å². The minimum atomic E-state index is -4.43. The summed E-state index contributed by atoms with van der Waals surface area (Å²) in [5.41, 5.74) is -0.426. The smallest absolute Gasteiger partial charge is 0.416 e. The van der Waals surface area contributed by atoms with Crippen LogP contribution < -0.4 is 9.47 Å². The number of nitrogens with zero attached hydrogens (tertiary/aromatic N) is 3. The number of hydrogen-bond donors (Lipinski definition) is 0. The summed E-state index contributed by atoms with van der Waals surface area (Å²) < 4.78 is 49.1. The molecule has 1 aromatic heterocycles. The van der Waals surface area contributed by atoms with Crippen LogP contribution in [0.15, 0.2) is 36.7 Å². The van der Waals surface area contributed by atoms with E-state index in [-0.39, 0.29) is 18.4 Å². The molecule has 1 aliphatic heterocycles. The van der Waals surface area contributed by atoms with Gasteiger partial charge in [-0.05, 0) is 11.6 Å². The Morgan fingerprint density at radius 1 is 1.30 bits per heavy atom. The molecule has 1 amide bonds. The number of ether oxygens (including phenoxy) is 2. The predicted octanol–water partition coefficient (Wildman–Crippen LogP) is 2.73. The molecule has 0 aliphatic carbocycles. The van der Waals surface area contributed by atoms with Crippen molar-refractivity contribution in [2.45, 2.75) is 25.1 Å². The van der Waals surface area contributed by atoms with E-state index >= 15 is 0 Å². The van der Waals surface area contributed by atoms with Crippen molar-refractivity contribution in [3.63, 3.8) is 0 Å². The van der Waals surface area contributed by atoms with Crippen molar-refractivity contribution in [2.75, 3.05) is 20.2 Å². The van der Waals surface area contributed by atoms with Gasteiger partial charge < -0.3 is 14.4 Å². The zero-order valence-electron chi connectivity index (χ0n) is 14.6. The first-order chi connectivity index (χ1) is 12.8. The minimum absolute atomic E-state index is 0.0877. The maximum Gasteiger partial charge on any atom is 0.416 e. The van der Waals surface area contributed by atoms with Gasteiger partial charge in [0, 0.05) is 13.0 Å². The monoisotopic (exact) mass is 381 g/mol. The van der Waals surface area contributed by atoms with Crippen LogP contribution in [0, 0.1) is 0 Å². The molecule has 1 aromatic carbocycles. The molecule has 0 radical (unpaired) electrons. The van der Waals surface area contributed by atoms with Gasteiger partial charge in [-0.3, -0.25) is 9.78 Å². The fourth-order valence-electron chi connectivity index (χ4n) is 2.85. The number of likely N-dealkylation sites (tertiary alicyclic amines) is 1. The van der Waals surface area contributed by atoms with Gasteiger partial charge in [-0.25, -0.2) is 0 Å². The molecule has 9 heteroatoms. The second-order valence-electron chi connectivity index (χ2n) is 6.14. The Morgan fingerprint density at radius 3 is 2.81 bits per heavy atom. The summed E-state index contributed by atoms with van der Waals surface area (Å²) in [6, 6.07) is 4.82. The van der Waals surface area contributed by atoms with Crippen LogP contribution in [0.25, 0.3) is 0 Å². The molecule has 2 aromatic rings. The van der Waals surface area contributed by atoms with Gasteiger partial charge in [-0.1, -0.05) is 18.2 Å². The van der Waals surface area contributed by atoms with Crippen molar-refractivity contribution < 1.29 is 27.4 Å². The highest BCUT2D eigenvalue weighted by Crippen LogP contribution is 2.29. The lowest BCUT2D eigenvalue weighted by Crippen LogP contribution is -2.32. The number of methoxy groups -OCH3 is 1. The first kappa shape index (κ1) is 18.9. The molecule has 1 saturated heterocycles. The fraction of sp³-hybridized carbons (Fsp3) is 0.389. The summed E-state index contributed by atoms with van der Waals surface area (Å²) in [5.74, 6) is 0.381. The zero-order valence-corrected chi connectivity index (χ0v) is 14.6. The first-order valence-corrected chi connectivity index (χ1v) is 8.32. The van der Waals surface area contributed by atoms with Crippen molar-refractivity contribution >= 4 is 5.91 Å². The van der Waals surface area contributed by atoms with Gasteiger partial charge in [-0.15, -0.1) is 0 Å². The summed E-state index contributed by atoms with van der Waals surface area (Å²) in [5, 5.41) is 0. The van der Waals surface area contributed by atoms with Crippen LogP contribution in [0.1, 0.15) is 17.5 Å². The topological polar surface area (TPSA) is 64.6 Å². The molecule has 0 spiro atoms. The molecule has 0 bridgehead atoms. The third-order valence-electron chi connectivity index (χ3n) is 4.19. The molecule has 2 heterocycles. The molecule has 1 unspecified atom stereocenters. The van der Waals surface area contributed by atoms with Crippen LogP contribution >= 0.6 is 0 Å². The summed E-state index contributed by atoms with van der Waals surface area (Å²) in [7, 11) is 1.47. The van der Waals surface area contributed by atoms with Crippen molar-refractivity contribution in [1.29, 1.82) is 0 Å². The van der Waals surface area contributed by atoms with E-state index in [1.54, 1.807) is 4.90 Å². The number of aromatic nitrogens is 2. The van der Waals surface area contributed by atoms with Gasteiger partial charge >= 0.3 is 6.18 Å². The van der Waals surface area contributed by atoms with Crippen LogP contribution in [0.5, 0.6) is 11.8 Å². The van der Waals surface area contributed by atoms with E-state index in [4.69, 9.17) is 9.47 Å². The normalized spacial score (nSPS) is 17.0. The van der Waals surface area contributed by atoms with Gasteiger partial charge in [0.15, 0.2) is 0 Å². The van der Waals surface area contributed by atoms with Crippen molar-refractivity contribution in [3.8, 4) is 11.8 Å². The molecule has 3 rings (SSSR count). The Hall–Kier alpha value is -2.84. The van der Waals surface area contributed by atoms with Gasteiger partial charge in [0.1, 0.15) is 6.10 Å². The molecule has 0 N–H and O–H groups in total. The molecular formula is C18H18F3N3O3. The number of carbonyl (C=O) groups excluding carboxylic acids is 1. The SMILES string of the molecule is COc1cncc(OC2CCN(C(=O)Cc3cccc(C(F)(F)F)c3)C2)n1. The predicted molar refractivity (Wildman–Crippen MR) is 89.3 cm³/mol. The highest BCUT2D eigenvalue weighted by Gasteiger charge is 2.31. The minimum Gasteiger partial charge on any atom is -0.480 e. The van der Waals surface area contributed by atoms with Crippen LogP contribution in [-0.4, -0.2) is 47.1 Å². The van der Waals surface area contributed by atoms with Gasteiger partial charge in [0.2, 0.25) is 17.7 Å². The Balaban J connectivity index is 1.57. The van der Waals surface area contributed by atoms with E-state index < -0.39 is 11.7 Å². The second kappa shape index (κ2) is 7.81. The van der Waals surface area contributed by atoms with E-state index in [0.29, 0.717) is 36.8 Å². The number of alkyl halides is 3.